The Morgan fingerprint density at radius 3 is 0.611 bits per heavy atom. The molecule has 0 saturated heterocycles. The van der Waals surface area contributed by atoms with Crippen molar-refractivity contribution in [2.45, 2.75) is 155 Å². The van der Waals surface area contributed by atoms with Gasteiger partial charge in [-0.15, -0.1) is 0 Å². The van der Waals surface area contributed by atoms with Crippen LogP contribution in [0.4, 0.5) is 0 Å². The molecule has 2 nitrogen and oxygen atoms in total. The first-order valence-corrected chi connectivity index (χ1v) is 15.7. The zero-order valence-electron chi connectivity index (χ0n) is 26.6. The van der Waals surface area contributed by atoms with E-state index in [2.05, 4.69) is 56.1 Å². The van der Waals surface area contributed by atoms with Crippen LogP contribution in [0.2, 0.25) is 0 Å². The number of rotatable bonds is 24. The summed E-state index contributed by atoms with van der Waals surface area (Å²) in [7, 11) is 13.7. The standard InChI is InChI=1S/C17H38N.C15H34N.2BrH/c1-5-6-7-8-9-10-11-12-13-14-15-16-17-18(2,3)4;1-5-6-7-8-9-10-11-12-13-14-15-16(2,3)4;;/h5-17H2,1-4H3;5-15H2,1-4H3;2*1H/q2*+1;;/p-2. The van der Waals surface area contributed by atoms with Crippen LogP contribution in [0.1, 0.15) is 155 Å². The lowest BCUT2D eigenvalue weighted by atomic mass is 10.1. The lowest BCUT2D eigenvalue weighted by Gasteiger charge is -2.23. The van der Waals surface area contributed by atoms with Gasteiger partial charge in [0.25, 0.3) is 0 Å². The van der Waals surface area contributed by atoms with E-state index >= 15 is 0 Å². The lowest BCUT2D eigenvalue weighted by Crippen LogP contribution is -3.00. The molecule has 0 aromatic heterocycles. The highest BCUT2D eigenvalue weighted by atomic mass is 79.9. The largest absolute Gasteiger partial charge is 1.00 e. The third kappa shape index (κ3) is 48.0. The van der Waals surface area contributed by atoms with Gasteiger partial charge in [0.1, 0.15) is 0 Å². The topological polar surface area (TPSA) is 0 Å². The average Bonchev–Trinajstić information content (AvgIpc) is 2.75. The van der Waals surface area contributed by atoms with Crippen LogP contribution in [0.3, 0.4) is 0 Å². The lowest BCUT2D eigenvalue weighted by molar-refractivity contribution is -0.870. The molecule has 0 bridgehead atoms. The Labute approximate surface area is 252 Å². The molecular weight excluding hydrogens is 572 g/mol. The molecule has 0 heterocycles. The fourth-order valence-electron chi connectivity index (χ4n) is 4.50. The summed E-state index contributed by atoms with van der Waals surface area (Å²) in [5.41, 5.74) is 0. The van der Waals surface area contributed by atoms with Crippen LogP contribution in [-0.4, -0.2) is 64.3 Å². The van der Waals surface area contributed by atoms with E-state index < -0.39 is 0 Å². The molecule has 0 radical (unpaired) electrons. The fraction of sp³-hybridized carbons (Fsp3) is 1.00. The van der Waals surface area contributed by atoms with Gasteiger partial charge in [-0.25, -0.2) is 0 Å². The van der Waals surface area contributed by atoms with E-state index in [0.29, 0.717) is 0 Å². The molecule has 0 unspecified atom stereocenters. The third-order valence-corrected chi connectivity index (χ3v) is 6.86. The van der Waals surface area contributed by atoms with Crippen LogP contribution in [0.5, 0.6) is 0 Å². The summed E-state index contributed by atoms with van der Waals surface area (Å²) < 4.78 is 2.24. The normalized spacial score (nSPS) is 11.3. The van der Waals surface area contributed by atoms with E-state index in [0.717, 1.165) is 8.97 Å². The highest BCUT2D eigenvalue weighted by Gasteiger charge is 2.05. The van der Waals surface area contributed by atoms with E-state index in [1.54, 1.807) is 0 Å². The van der Waals surface area contributed by atoms with Crippen molar-refractivity contribution in [2.75, 3.05) is 55.4 Å². The van der Waals surface area contributed by atoms with Crippen molar-refractivity contribution in [3.63, 3.8) is 0 Å². The summed E-state index contributed by atoms with van der Waals surface area (Å²) in [5, 5.41) is 0. The van der Waals surface area contributed by atoms with Crippen molar-refractivity contribution in [1.82, 2.24) is 0 Å². The Balaban J connectivity index is -0.000000271. The maximum absolute atomic E-state index is 2.29. The van der Waals surface area contributed by atoms with Crippen LogP contribution in [0.15, 0.2) is 0 Å². The Kier molecular flexibility index (Phi) is 39.2. The summed E-state index contributed by atoms with van der Waals surface area (Å²) in [4.78, 5) is 0. The second-order valence-electron chi connectivity index (χ2n) is 13.1. The van der Waals surface area contributed by atoms with Crippen LogP contribution in [0, 0.1) is 0 Å². The number of nitrogens with zero attached hydrogens (tertiary/aromatic N) is 2. The smallest absolute Gasteiger partial charge is 0.0780 e. The Hall–Kier alpha value is 0.880. The van der Waals surface area contributed by atoms with Crippen molar-refractivity contribution in [2.24, 2.45) is 0 Å². The number of halogens is 2. The van der Waals surface area contributed by atoms with Crippen molar-refractivity contribution in [1.29, 1.82) is 0 Å². The van der Waals surface area contributed by atoms with E-state index in [1.165, 1.54) is 154 Å². The molecule has 0 N–H and O–H groups in total. The molecule has 0 rings (SSSR count). The first-order chi connectivity index (χ1) is 16.1. The molecule has 0 spiro atoms. The first-order valence-electron chi connectivity index (χ1n) is 15.7. The minimum absolute atomic E-state index is 0. The third-order valence-electron chi connectivity index (χ3n) is 6.86. The summed E-state index contributed by atoms with van der Waals surface area (Å²) in [5.74, 6) is 0. The Morgan fingerprint density at radius 1 is 0.278 bits per heavy atom. The van der Waals surface area contributed by atoms with Gasteiger partial charge in [-0.2, -0.15) is 0 Å². The minimum Gasteiger partial charge on any atom is -1.00 e. The molecule has 0 aliphatic rings. The Morgan fingerprint density at radius 2 is 0.444 bits per heavy atom. The van der Waals surface area contributed by atoms with Crippen LogP contribution < -0.4 is 34.0 Å². The van der Waals surface area contributed by atoms with Crippen LogP contribution in [-0.2, 0) is 0 Å². The van der Waals surface area contributed by atoms with Crippen molar-refractivity contribution in [3.05, 3.63) is 0 Å². The maximum atomic E-state index is 2.29. The minimum atomic E-state index is 0. The number of quaternary nitrogens is 2. The second kappa shape index (κ2) is 32.1. The molecule has 36 heavy (non-hydrogen) atoms. The number of hydrogen-bond acceptors (Lipinski definition) is 0. The van der Waals surface area contributed by atoms with E-state index in [-0.39, 0.29) is 34.0 Å². The van der Waals surface area contributed by atoms with Gasteiger partial charge in [-0.3, -0.25) is 0 Å². The predicted octanol–water partition coefficient (Wildman–Crippen LogP) is 4.02. The van der Waals surface area contributed by atoms with E-state index in [4.69, 9.17) is 0 Å². The van der Waals surface area contributed by atoms with Gasteiger partial charge < -0.3 is 42.9 Å². The quantitative estimate of drug-likeness (QED) is 0.110. The van der Waals surface area contributed by atoms with Gasteiger partial charge in [0.15, 0.2) is 0 Å². The molecule has 0 aliphatic carbocycles. The van der Waals surface area contributed by atoms with E-state index in [9.17, 15) is 0 Å². The molecule has 224 valence electrons. The van der Waals surface area contributed by atoms with Crippen molar-refractivity contribution >= 4 is 0 Å². The van der Waals surface area contributed by atoms with Gasteiger partial charge in [0.05, 0.1) is 55.4 Å². The average molecular weight is 645 g/mol. The molecule has 0 amide bonds. The monoisotopic (exact) mass is 642 g/mol. The molecule has 4 heteroatoms. The molecule has 0 aromatic rings. The molecule has 0 fully saturated rings. The number of hydrogen-bond donors (Lipinski definition) is 0. The first kappa shape index (κ1) is 43.9. The zero-order valence-corrected chi connectivity index (χ0v) is 29.8. The highest BCUT2D eigenvalue weighted by Crippen LogP contribution is 2.13. The van der Waals surface area contributed by atoms with Crippen molar-refractivity contribution in [3.8, 4) is 0 Å². The van der Waals surface area contributed by atoms with Crippen LogP contribution in [0.25, 0.3) is 0 Å². The molecule has 0 saturated carbocycles. The van der Waals surface area contributed by atoms with Crippen molar-refractivity contribution < 1.29 is 42.9 Å². The number of unbranched alkanes of at least 4 members (excludes halogenated alkanes) is 20. The highest BCUT2D eigenvalue weighted by molar-refractivity contribution is 4.49. The van der Waals surface area contributed by atoms with Gasteiger partial charge in [-0.1, -0.05) is 129 Å². The molecule has 0 atom stereocenters. The molecule has 0 aromatic carbocycles. The van der Waals surface area contributed by atoms with Gasteiger partial charge in [0.2, 0.25) is 0 Å². The summed E-state index contributed by atoms with van der Waals surface area (Å²) in [6, 6.07) is 0. The van der Waals surface area contributed by atoms with E-state index in [1.807, 2.05) is 0 Å². The summed E-state index contributed by atoms with van der Waals surface area (Å²) in [6.07, 6.45) is 31.8. The predicted molar refractivity (Wildman–Crippen MR) is 159 cm³/mol. The van der Waals surface area contributed by atoms with Gasteiger partial charge in [-0.05, 0) is 25.7 Å². The fourth-order valence-corrected chi connectivity index (χ4v) is 4.50. The Bertz CT molecular complexity index is 375. The molecule has 0 aliphatic heterocycles. The zero-order chi connectivity index (χ0) is 26.0. The molecular formula is C32H72Br2N2. The second-order valence-corrected chi connectivity index (χ2v) is 13.1. The van der Waals surface area contributed by atoms with Gasteiger partial charge >= 0.3 is 0 Å². The summed E-state index contributed by atoms with van der Waals surface area (Å²) >= 11 is 0. The maximum Gasteiger partial charge on any atom is 0.0780 e. The SMILES string of the molecule is CCCCCCCCCCCCCC[N+](C)(C)C.CCCCCCCCCCCC[N+](C)(C)C.[Br-].[Br-]. The van der Waals surface area contributed by atoms with Gasteiger partial charge in [0, 0.05) is 0 Å². The summed E-state index contributed by atoms with van der Waals surface area (Å²) in [6.45, 7) is 7.24. The van der Waals surface area contributed by atoms with Crippen LogP contribution >= 0.6 is 0 Å².